The standard InChI is InChI=1S/C26H24P2.C10H8N2S2.Pd/c1-5-13-23(14-6-1)27(24-15-7-2-8-16-24)21-22-28(25-17-9-3-10-18-25)26-19-11-4-12-20-26;13-6-10(14)9-5-11-7-3-1-2-4-8(7)12-9;/h1-20H,21-22H2;1-6,13-14H;/q;;+2/p+4. The maximum Gasteiger partial charge on any atom is 2.00 e. The van der Waals surface area contributed by atoms with Crippen molar-refractivity contribution in [3.05, 3.63) is 163 Å². The topological polar surface area (TPSA) is 25.8 Å². The van der Waals surface area contributed by atoms with Crippen molar-refractivity contribution in [3.8, 4) is 0 Å². The Bertz CT molecular complexity index is 1550. The first kappa shape index (κ1) is 33.3. The second-order valence-electron chi connectivity index (χ2n) is 9.72. The van der Waals surface area contributed by atoms with Gasteiger partial charge in [-0.05, 0) is 73.3 Å². The van der Waals surface area contributed by atoms with Gasteiger partial charge in [0.05, 0.1) is 54.3 Å². The van der Waals surface area contributed by atoms with Crippen molar-refractivity contribution in [2.45, 2.75) is 0 Å². The van der Waals surface area contributed by atoms with Gasteiger partial charge in [0, 0.05) is 12.6 Å². The van der Waals surface area contributed by atoms with E-state index in [-0.39, 0.29) is 20.4 Å². The van der Waals surface area contributed by atoms with Crippen molar-refractivity contribution in [2.24, 2.45) is 0 Å². The minimum atomic E-state index is -0.783. The van der Waals surface area contributed by atoms with Crippen LogP contribution in [0.5, 0.6) is 0 Å². The van der Waals surface area contributed by atoms with E-state index in [1.807, 2.05) is 24.3 Å². The number of rotatable bonds is 8. The van der Waals surface area contributed by atoms with Crippen molar-refractivity contribution in [2.75, 3.05) is 12.3 Å². The predicted molar refractivity (Wildman–Crippen MR) is 198 cm³/mol. The van der Waals surface area contributed by atoms with Crippen LogP contribution in [0.1, 0.15) is 5.69 Å². The fourth-order valence-electron chi connectivity index (χ4n) is 4.88. The Balaban J connectivity index is 0.000000238. The molecule has 0 N–H and O–H groups in total. The van der Waals surface area contributed by atoms with E-state index >= 15 is 0 Å². The third kappa shape index (κ3) is 9.44. The van der Waals surface area contributed by atoms with Gasteiger partial charge in [-0.3, -0.25) is 4.98 Å². The average Bonchev–Trinajstić information content (AvgIpc) is 3.08. The Morgan fingerprint density at radius 2 is 0.884 bits per heavy atom. The first-order valence-corrected chi connectivity index (χ1v) is 18.5. The van der Waals surface area contributed by atoms with E-state index in [1.54, 1.807) is 11.6 Å². The molecule has 0 atom stereocenters. The zero-order chi connectivity index (χ0) is 29.0. The molecule has 0 saturated carbocycles. The fourth-order valence-corrected chi connectivity index (χ4v) is 11.3. The van der Waals surface area contributed by atoms with Gasteiger partial charge in [0.15, 0.2) is 5.41 Å². The van der Waals surface area contributed by atoms with Crippen LogP contribution in [0.3, 0.4) is 0 Å². The van der Waals surface area contributed by atoms with Gasteiger partial charge in [-0.25, -0.2) is 4.98 Å². The molecule has 0 unspecified atom stereocenters. The molecule has 7 heteroatoms. The summed E-state index contributed by atoms with van der Waals surface area (Å²) in [5.74, 6) is 0. The maximum atomic E-state index is 4.44. The van der Waals surface area contributed by atoms with Gasteiger partial charge in [-0.2, -0.15) is 0 Å². The molecule has 0 aliphatic heterocycles. The Kier molecular flexibility index (Phi) is 13.7. The van der Waals surface area contributed by atoms with E-state index in [2.05, 4.69) is 157 Å². The summed E-state index contributed by atoms with van der Waals surface area (Å²) in [4.78, 5) is 9.60. The van der Waals surface area contributed by atoms with Gasteiger partial charge in [0.2, 0.25) is 4.91 Å². The van der Waals surface area contributed by atoms with E-state index in [1.165, 1.54) is 33.5 Å². The first-order chi connectivity index (χ1) is 20.7. The SMILES string of the molecule is [Pd+2].[SH2+]C=C([SH2+])c1cnc2ccccc2n1.c1ccc([PH+](CC[PH+](c2ccccc2)c2ccccc2)c2ccccc2)cc1. The Labute approximate surface area is 282 Å². The molecule has 216 valence electrons. The van der Waals surface area contributed by atoms with E-state index in [0.717, 1.165) is 21.6 Å². The summed E-state index contributed by atoms with van der Waals surface area (Å²) in [6.45, 7) is 0. The van der Waals surface area contributed by atoms with Gasteiger partial charge >= 0.3 is 20.4 Å². The summed E-state index contributed by atoms with van der Waals surface area (Å²) in [5.41, 5.74) is 2.62. The molecule has 0 radical (unpaired) electrons. The number of aromatic nitrogens is 2. The second-order valence-corrected chi connectivity index (χ2v) is 15.8. The van der Waals surface area contributed by atoms with Crippen LogP contribution in [-0.2, 0) is 45.7 Å². The molecule has 0 spiro atoms. The summed E-state index contributed by atoms with van der Waals surface area (Å²) < 4.78 is 0. The van der Waals surface area contributed by atoms with Crippen molar-refractivity contribution in [1.29, 1.82) is 0 Å². The number of fused-ring (bicyclic) bond motifs is 1. The molecule has 2 nitrogen and oxygen atoms in total. The predicted octanol–water partition coefficient (Wildman–Crippen LogP) is 5.67. The third-order valence-electron chi connectivity index (χ3n) is 6.98. The van der Waals surface area contributed by atoms with Crippen LogP contribution in [0.15, 0.2) is 157 Å². The molecule has 6 rings (SSSR count). The summed E-state index contributed by atoms with van der Waals surface area (Å²) >= 11 is 6.72. The fraction of sp³-hybridized carbons (Fsp3) is 0.0556. The Morgan fingerprint density at radius 1 is 0.535 bits per heavy atom. The van der Waals surface area contributed by atoms with Crippen LogP contribution in [0.4, 0.5) is 0 Å². The molecular weight excluding hydrogens is 693 g/mol. The minimum Gasteiger partial charge on any atom is -0.252 e. The largest absolute Gasteiger partial charge is 2.00 e. The molecule has 0 aliphatic rings. The molecule has 1 heterocycles. The quantitative estimate of drug-likeness (QED) is 0.115. The van der Waals surface area contributed by atoms with Gasteiger partial charge in [-0.1, -0.05) is 84.9 Å². The molecular formula is C36H36N2P2PdS2+6. The van der Waals surface area contributed by atoms with Crippen LogP contribution in [0.25, 0.3) is 15.9 Å². The summed E-state index contributed by atoms with van der Waals surface area (Å²) in [7, 11) is -1.57. The molecule has 0 amide bonds. The van der Waals surface area contributed by atoms with Gasteiger partial charge in [0.25, 0.3) is 0 Å². The molecule has 0 aliphatic carbocycles. The molecule has 0 fully saturated rings. The van der Waals surface area contributed by atoms with Crippen LogP contribution in [-0.4, -0.2) is 22.3 Å². The Morgan fingerprint density at radius 3 is 1.26 bits per heavy atom. The summed E-state index contributed by atoms with van der Waals surface area (Å²) in [6.07, 6.45) is 4.26. The molecule has 43 heavy (non-hydrogen) atoms. The number of para-hydroxylation sites is 2. The van der Waals surface area contributed by atoms with Crippen molar-refractivity contribution in [1.82, 2.24) is 9.97 Å². The van der Waals surface area contributed by atoms with Gasteiger partial charge in [-0.15, -0.1) is 0 Å². The van der Waals surface area contributed by atoms with E-state index in [4.69, 9.17) is 0 Å². The number of benzene rings is 5. The monoisotopic (exact) mass is 728 g/mol. The molecule has 1 aromatic heterocycles. The summed E-state index contributed by atoms with van der Waals surface area (Å²) in [5, 5.41) is 7.82. The van der Waals surface area contributed by atoms with E-state index < -0.39 is 15.8 Å². The smallest absolute Gasteiger partial charge is 0.252 e. The Hall–Kier alpha value is -2.60. The van der Waals surface area contributed by atoms with E-state index in [0.29, 0.717) is 0 Å². The molecule has 0 bridgehead atoms. The number of hydrogen-bond acceptors (Lipinski definition) is 2. The normalized spacial score (nSPS) is 11.1. The van der Waals surface area contributed by atoms with Crippen molar-refractivity contribution >= 4 is 78.3 Å². The van der Waals surface area contributed by atoms with Crippen molar-refractivity contribution < 1.29 is 20.4 Å². The zero-order valence-corrected chi connectivity index (χ0v) is 29.2. The van der Waals surface area contributed by atoms with Crippen LogP contribution in [0, 0.1) is 0 Å². The molecule has 6 aromatic rings. The summed E-state index contributed by atoms with van der Waals surface area (Å²) in [6, 6.07) is 52.3. The zero-order valence-electron chi connectivity index (χ0n) is 23.6. The average molecular weight is 729 g/mol. The van der Waals surface area contributed by atoms with Gasteiger partial charge < -0.3 is 0 Å². The van der Waals surface area contributed by atoms with Crippen LogP contribution in [0.2, 0.25) is 0 Å². The first-order valence-electron chi connectivity index (χ1n) is 14.0. The van der Waals surface area contributed by atoms with Crippen molar-refractivity contribution in [3.63, 3.8) is 0 Å². The maximum absolute atomic E-state index is 4.44. The van der Waals surface area contributed by atoms with Gasteiger partial charge in [0.1, 0.15) is 18.0 Å². The van der Waals surface area contributed by atoms with Crippen LogP contribution < -0.4 is 21.2 Å². The van der Waals surface area contributed by atoms with Crippen LogP contribution >= 0.6 is 15.8 Å². The number of nitrogens with zero attached hydrogens (tertiary/aromatic N) is 2. The minimum absolute atomic E-state index is 0. The molecule has 5 aromatic carbocycles. The second kappa shape index (κ2) is 17.6. The molecule has 0 saturated heterocycles. The van der Waals surface area contributed by atoms with E-state index in [9.17, 15) is 0 Å². The number of hydrogen-bond donors (Lipinski definition) is 0. The third-order valence-corrected chi connectivity index (χ3v) is 14.1.